The molecule has 1 heterocycles. The summed E-state index contributed by atoms with van der Waals surface area (Å²) < 4.78 is 19.1. The van der Waals surface area contributed by atoms with Gasteiger partial charge in [-0.05, 0) is 37.5 Å². The molecule has 0 bridgehead atoms. The number of nitrogens with zero attached hydrogens (tertiary/aromatic N) is 1. The van der Waals surface area contributed by atoms with Crippen LogP contribution in [0.15, 0.2) is 32.6 Å². The maximum Gasteiger partial charge on any atom is 0.199 e. The first-order valence-electron chi connectivity index (χ1n) is 6.57. The molecule has 3 nitrogen and oxygen atoms in total. The van der Waals surface area contributed by atoms with Gasteiger partial charge in [0.25, 0.3) is 0 Å². The summed E-state index contributed by atoms with van der Waals surface area (Å²) in [5.41, 5.74) is 1.02. The van der Waals surface area contributed by atoms with E-state index >= 15 is 0 Å². The van der Waals surface area contributed by atoms with Gasteiger partial charge in [-0.3, -0.25) is 4.79 Å². The van der Waals surface area contributed by atoms with Gasteiger partial charge in [0.2, 0.25) is 0 Å². The van der Waals surface area contributed by atoms with E-state index in [4.69, 9.17) is 4.52 Å². The molecule has 0 unspecified atom stereocenters. The van der Waals surface area contributed by atoms with Gasteiger partial charge in [-0.1, -0.05) is 5.16 Å². The van der Waals surface area contributed by atoms with Crippen LogP contribution in [-0.4, -0.2) is 23.5 Å². The molecule has 0 spiro atoms. The second kappa shape index (κ2) is 5.85. The van der Waals surface area contributed by atoms with Crippen LogP contribution in [-0.2, 0) is 0 Å². The molecule has 0 N–H and O–H groups in total. The van der Waals surface area contributed by atoms with Crippen molar-refractivity contribution in [1.29, 1.82) is 0 Å². The van der Waals surface area contributed by atoms with Crippen LogP contribution in [0, 0.1) is 5.82 Å². The fourth-order valence-electron chi connectivity index (χ4n) is 2.31. The molecule has 2 aromatic rings. The first-order chi connectivity index (χ1) is 10.2. The zero-order chi connectivity index (χ0) is 15.0. The highest BCUT2D eigenvalue weighted by atomic mass is 32.2. The Morgan fingerprint density at radius 3 is 2.57 bits per heavy atom. The number of rotatable bonds is 5. The van der Waals surface area contributed by atoms with Gasteiger partial charge in [-0.25, -0.2) is 4.39 Å². The van der Waals surface area contributed by atoms with Gasteiger partial charge >= 0.3 is 0 Å². The highest BCUT2D eigenvalue weighted by Gasteiger charge is 2.33. The summed E-state index contributed by atoms with van der Waals surface area (Å²) in [6, 6.07) is 2.90. The van der Waals surface area contributed by atoms with Crippen LogP contribution < -0.4 is 0 Å². The molecule has 1 aliphatic carbocycles. The second-order valence-corrected chi connectivity index (χ2v) is 6.50. The minimum absolute atomic E-state index is 0.141. The molecule has 0 aliphatic heterocycles. The van der Waals surface area contributed by atoms with Crippen molar-refractivity contribution < 1.29 is 13.7 Å². The average Bonchev–Trinajstić information content (AvgIpc) is 3.23. The van der Waals surface area contributed by atoms with Crippen molar-refractivity contribution in [2.75, 3.05) is 12.5 Å². The number of hydrogen-bond donors (Lipinski definition) is 0. The maximum atomic E-state index is 13.9. The molecular formula is C15H14FNO2S2. The largest absolute Gasteiger partial charge is 0.360 e. The van der Waals surface area contributed by atoms with E-state index < -0.39 is 0 Å². The Balaban J connectivity index is 2.07. The van der Waals surface area contributed by atoms with Gasteiger partial charge < -0.3 is 4.52 Å². The Morgan fingerprint density at radius 2 is 1.95 bits per heavy atom. The number of ketones is 1. The van der Waals surface area contributed by atoms with Crippen molar-refractivity contribution in [1.82, 2.24) is 5.16 Å². The standard InChI is InChI=1S/C15H14FNO2S2/c1-20-14-9(5-6-11(16)15(14)21-2)12(18)10-7-17-19-13(10)8-3-4-8/h5-8H,3-4H2,1-2H3. The van der Waals surface area contributed by atoms with E-state index in [1.807, 2.05) is 6.26 Å². The molecule has 1 fully saturated rings. The Labute approximate surface area is 130 Å². The minimum Gasteiger partial charge on any atom is -0.360 e. The first-order valence-corrected chi connectivity index (χ1v) is 9.02. The molecule has 1 saturated carbocycles. The van der Waals surface area contributed by atoms with Crippen LogP contribution in [0.5, 0.6) is 0 Å². The highest BCUT2D eigenvalue weighted by Crippen LogP contribution is 2.43. The van der Waals surface area contributed by atoms with E-state index in [0.29, 0.717) is 32.6 Å². The van der Waals surface area contributed by atoms with Gasteiger partial charge in [0.05, 0.1) is 16.7 Å². The molecule has 1 aliphatic rings. The summed E-state index contributed by atoms with van der Waals surface area (Å²) in [5, 5.41) is 3.76. The van der Waals surface area contributed by atoms with Crippen LogP contribution >= 0.6 is 23.5 Å². The smallest absolute Gasteiger partial charge is 0.199 e. The van der Waals surface area contributed by atoms with Crippen LogP contribution in [0.2, 0.25) is 0 Å². The Morgan fingerprint density at radius 1 is 1.24 bits per heavy atom. The molecule has 1 aromatic heterocycles. The minimum atomic E-state index is -0.295. The normalized spacial score (nSPS) is 14.4. The molecule has 0 atom stereocenters. The summed E-state index contributed by atoms with van der Waals surface area (Å²) in [4.78, 5) is 14.0. The number of carbonyl (C=O) groups excluding carboxylic acids is 1. The molecule has 0 saturated heterocycles. The SMILES string of the molecule is CSc1c(F)ccc(C(=O)c2cnoc2C2CC2)c1SC. The first kappa shape index (κ1) is 14.7. The Hall–Kier alpha value is -1.27. The summed E-state index contributed by atoms with van der Waals surface area (Å²) in [5.74, 6) is 0.542. The van der Waals surface area contributed by atoms with Crippen LogP contribution in [0.4, 0.5) is 4.39 Å². The lowest BCUT2D eigenvalue weighted by atomic mass is 10.0. The third-order valence-electron chi connectivity index (χ3n) is 3.51. The number of thioether (sulfide) groups is 2. The highest BCUT2D eigenvalue weighted by molar-refractivity contribution is 8.01. The summed E-state index contributed by atoms with van der Waals surface area (Å²) in [6.45, 7) is 0. The number of hydrogen-bond acceptors (Lipinski definition) is 5. The second-order valence-electron chi connectivity index (χ2n) is 4.87. The lowest BCUT2D eigenvalue weighted by molar-refractivity contribution is 0.103. The van der Waals surface area contributed by atoms with Crippen LogP contribution in [0.3, 0.4) is 0 Å². The van der Waals surface area contributed by atoms with E-state index in [1.165, 1.54) is 35.8 Å². The number of benzene rings is 1. The predicted octanol–water partition coefficient (Wildman–Crippen LogP) is 4.37. The third-order valence-corrected chi connectivity index (χ3v) is 5.28. The van der Waals surface area contributed by atoms with Crippen molar-refractivity contribution in [2.45, 2.75) is 28.6 Å². The summed E-state index contributed by atoms with van der Waals surface area (Å²) in [6.07, 6.45) is 7.19. The summed E-state index contributed by atoms with van der Waals surface area (Å²) in [7, 11) is 0. The van der Waals surface area contributed by atoms with Gasteiger partial charge in [0, 0.05) is 16.4 Å². The average molecular weight is 323 g/mol. The van der Waals surface area contributed by atoms with Crippen LogP contribution in [0.25, 0.3) is 0 Å². The molecular weight excluding hydrogens is 309 g/mol. The predicted molar refractivity (Wildman–Crippen MR) is 81.9 cm³/mol. The molecule has 3 rings (SSSR count). The lowest BCUT2D eigenvalue weighted by Gasteiger charge is -2.11. The fourth-order valence-corrected chi connectivity index (χ4v) is 4.04. The van der Waals surface area contributed by atoms with Crippen molar-refractivity contribution >= 4 is 29.3 Å². The maximum absolute atomic E-state index is 13.9. The third kappa shape index (κ3) is 2.62. The zero-order valence-electron chi connectivity index (χ0n) is 11.7. The number of halogens is 1. The van der Waals surface area contributed by atoms with E-state index in [2.05, 4.69) is 5.16 Å². The number of aromatic nitrogens is 1. The molecule has 110 valence electrons. The molecule has 1 aromatic carbocycles. The van der Waals surface area contributed by atoms with Gasteiger partial charge in [-0.15, -0.1) is 23.5 Å². The van der Waals surface area contributed by atoms with Crippen molar-refractivity contribution in [3.05, 3.63) is 41.0 Å². The lowest BCUT2D eigenvalue weighted by Crippen LogP contribution is -2.06. The molecule has 0 amide bonds. The fraction of sp³-hybridized carbons (Fsp3) is 0.333. The molecule has 0 radical (unpaired) electrons. The van der Waals surface area contributed by atoms with E-state index in [9.17, 15) is 9.18 Å². The Kier molecular flexibility index (Phi) is 4.08. The van der Waals surface area contributed by atoms with Crippen molar-refractivity contribution in [2.24, 2.45) is 0 Å². The van der Waals surface area contributed by atoms with E-state index in [1.54, 1.807) is 12.3 Å². The van der Waals surface area contributed by atoms with Gasteiger partial charge in [-0.2, -0.15) is 0 Å². The van der Waals surface area contributed by atoms with E-state index in [-0.39, 0.29) is 11.6 Å². The van der Waals surface area contributed by atoms with E-state index in [0.717, 1.165) is 12.8 Å². The zero-order valence-corrected chi connectivity index (χ0v) is 13.3. The molecule has 6 heteroatoms. The van der Waals surface area contributed by atoms with Gasteiger partial charge in [0.15, 0.2) is 11.5 Å². The van der Waals surface area contributed by atoms with Crippen LogP contribution in [0.1, 0.15) is 40.4 Å². The van der Waals surface area contributed by atoms with Gasteiger partial charge in [0.1, 0.15) is 5.82 Å². The topological polar surface area (TPSA) is 43.1 Å². The Bertz CT molecular complexity index is 695. The van der Waals surface area contributed by atoms with Crippen molar-refractivity contribution in [3.63, 3.8) is 0 Å². The summed E-state index contributed by atoms with van der Waals surface area (Å²) >= 11 is 2.69. The molecule has 21 heavy (non-hydrogen) atoms. The monoisotopic (exact) mass is 323 g/mol. The number of carbonyl (C=O) groups is 1. The van der Waals surface area contributed by atoms with Crippen molar-refractivity contribution in [3.8, 4) is 0 Å². The quantitative estimate of drug-likeness (QED) is 0.604.